The number of rotatable bonds is 6. The van der Waals surface area contributed by atoms with Gasteiger partial charge in [0, 0.05) is 5.25 Å². The summed E-state index contributed by atoms with van der Waals surface area (Å²) in [6.07, 6.45) is 1.48. The Hall–Kier alpha value is 0.620. The molecule has 0 aliphatic carbocycles. The SMILES string of the molecule is CC(C)OCCOC1CC(C(C)C)SS1. The first kappa shape index (κ1) is 13.7. The van der Waals surface area contributed by atoms with Gasteiger partial charge in [-0.05, 0) is 26.2 Å². The zero-order valence-electron chi connectivity index (χ0n) is 10.1. The predicted molar refractivity (Wildman–Crippen MR) is 69.3 cm³/mol. The Kier molecular flexibility index (Phi) is 6.43. The molecule has 15 heavy (non-hydrogen) atoms. The molecule has 2 nitrogen and oxygen atoms in total. The molecule has 0 bridgehead atoms. The lowest BCUT2D eigenvalue weighted by Crippen LogP contribution is -2.16. The summed E-state index contributed by atoms with van der Waals surface area (Å²) in [5, 5.41) is 0.756. The van der Waals surface area contributed by atoms with Crippen LogP contribution in [-0.4, -0.2) is 30.0 Å². The zero-order valence-corrected chi connectivity index (χ0v) is 11.7. The normalized spacial score (nSPS) is 26.8. The van der Waals surface area contributed by atoms with Crippen LogP contribution in [0.1, 0.15) is 34.1 Å². The highest BCUT2D eigenvalue weighted by Crippen LogP contribution is 2.46. The smallest absolute Gasteiger partial charge is 0.114 e. The van der Waals surface area contributed by atoms with Gasteiger partial charge in [0.2, 0.25) is 0 Å². The van der Waals surface area contributed by atoms with Crippen molar-refractivity contribution in [3.63, 3.8) is 0 Å². The quantitative estimate of drug-likeness (QED) is 0.530. The van der Waals surface area contributed by atoms with E-state index in [4.69, 9.17) is 9.47 Å². The van der Waals surface area contributed by atoms with Crippen molar-refractivity contribution in [1.82, 2.24) is 0 Å². The average molecular weight is 250 g/mol. The lowest BCUT2D eigenvalue weighted by Gasteiger charge is -2.13. The fraction of sp³-hybridized carbons (Fsp3) is 1.00. The van der Waals surface area contributed by atoms with E-state index in [0.717, 1.165) is 17.8 Å². The molecule has 2 unspecified atom stereocenters. The van der Waals surface area contributed by atoms with Crippen LogP contribution in [0.5, 0.6) is 0 Å². The first-order valence-electron chi connectivity index (χ1n) is 5.65. The van der Waals surface area contributed by atoms with Crippen LogP contribution < -0.4 is 0 Å². The molecule has 4 heteroatoms. The minimum absolute atomic E-state index is 0.308. The number of ether oxygens (including phenoxy) is 2. The lowest BCUT2D eigenvalue weighted by atomic mass is 10.1. The molecule has 0 N–H and O–H groups in total. The van der Waals surface area contributed by atoms with Crippen LogP contribution in [0.15, 0.2) is 0 Å². The predicted octanol–water partition coefficient (Wildman–Crippen LogP) is 3.56. The molecule has 1 rings (SSSR count). The van der Waals surface area contributed by atoms with E-state index in [1.165, 1.54) is 6.42 Å². The van der Waals surface area contributed by atoms with E-state index in [9.17, 15) is 0 Å². The van der Waals surface area contributed by atoms with E-state index in [0.29, 0.717) is 18.1 Å². The van der Waals surface area contributed by atoms with Crippen LogP contribution in [0.4, 0.5) is 0 Å². The molecule has 1 saturated heterocycles. The Morgan fingerprint density at radius 1 is 1.13 bits per heavy atom. The van der Waals surface area contributed by atoms with E-state index in [2.05, 4.69) is 27.7 Å². The van der Waals surface area contributed by atoms with Crippen molar-refractivity contribution in [2.24, 2.45) is 5.92 Å². The highest BCUT2D eigenvalue weighted by molar-refractivity contribution is 8.77. The number of hydrogen-bond donors (Lipinski definition) is 0. The third-order valence-electron chi connectivity index (χ3n) is 2.29. The molecule has 2 atom stereocenters. The van der Waals surface area contributed by atoms with E-state index in [1.807, 2.05) is 21.6 Å². The first-order valence-corrected chi connectivity index (χ1v) is 7.92. The van der Waals surface area contributed by atoms with Crippen LogP contribution in [0.25, 0.3) is 0 Å². The Labute approximate surface area is 101 Å². The summed E-state index contributed by atoms with van der Waals surface area (Å²) in [5.41, 5.74) is 0.373. The van der Waals surface area contributed by atoms with Gasteiger partial charge in [0.1, 0.15) is 5.44 Å². The third-order valence-corrected chi connectivity index (χ3v) is 5.65. The van der Waals surface area contributed by atoms with E-state index in [-0.39, 0.29) is 0 Å². The molecule has 0 amide bonds. The van der Waals surface area contributed by atoms with Gasteiger partial charge < -0.3 is 9.47 Å². The number of hydrogen-bond acceptors (Lipinski definition) is 4. The summed E-state index contributed by atoms with van der Waals surface area (Å²) in [7, 11) is 3.85. The highest BCUT2D eigenvalue weighted by Gasteiger charge is 2.28. The van der Waals surface area contributed by atoms with Gasteiger partial charge in [-0.15, -0.1) is 0 Å². The van der Waals surface area contributed by atoms with Gasteiger partial charge >= 0.3 is 0 Å². The zero-order chi connectivity index (χ0) is 11.3. The second-order valence-electron chi connectivity index (χ2n) is 4.43. The summed E-state index contributed by atoms with van der Waals surface area (Å²) < 4.78 is 11.2. The maximum absolute atomic E-state index is 5.75. The Balaban J connectivity index is 2.04. The van der Waals surface area contributed by atoms with Crippen LogP contribution in [0.3, 0.4) is 0 Å². The van der Waals surface area contributed by atoms with E-state index in [1.54, 1.807) is 0 Å². The second-order valence-corrected chi connectivity index (χ2v) is 7.10. The summed E-state index contributed by atoms with van der Waals surface area (Å²) in [5.74, 6) is 0.753. The molecule has 0 aromatic rings. The fourth-order valence-electron chi connectivity index (χ4n) is 1.34. The Morgan fingerprint density at radius 2 is 1.87 bits per heavy atom. The molecule has 1 aliphatic rings. The molecular weight excluding hydrogens is 228 g/mol. The van der Waals surface area contributed by atoms with Crippen LogP contribution in [0.2, 0.25) is 0 Å². The highest BCUT2D eigenvalue weighted by atomic mass is 33.1. The molecule has 1 aliphatic heterocycles. The van der Waals surface area contributed by atoms with Gasteiger partial charge in [-0.1, -0.05) is 35.4 Å². The minimum atomic E-state index is 0.308. The molecule has 0 radical (unpaired) electrons. The maximum atomic E-state index is 5.75. The summed E-state index contributed by atoms with van der Waals surface area (Å²) >= 11 is 0. The van der Waals surface area contributed by atoms with E-state index >= 15 is 0 Å². The van der Waals surface area contributed by atoms with Crippen molar-refractivity contribution in [2.75, 3.05) is 13.2 Å². The second kappa shape index (κ2) is 7.05. The minimum Gasteiger partial charge on any atom is -0.376 e. The maximum Gasteiger partial charge on any atom is 0.114 e. The van der Waals surface area contributed by atoms with E-state index < -0.39 is 0 Å². The van der Waals surface area contributed by atoms with Crippen LogP contribution in [-0.2, 0) is 9.47 Å². The van der Waals surface area contributed by atoms with Gasteiger partial charge in [-0.3, -0.25) is 0 Å². The topological polar surface area (TPSA) is 18.5 Å². The molecule has 0 aromatic heterocycles. The largest absolute Gasteiger partial charge is 0.376 e. The van der Waals surface area contributed by atoms with Gasteiger partial charge in [0.15, 0.2) is 0 Å². The summed E-state index contributed by atoms with van der Waals surface area (Å²) in [4.78, 5) is 0. The van der Waals surface area contributed by atoms with Crippen molar-refractivity contribution >= 4 is 21.6 Å². The van der Waals surface area contributed by atoms with Crippen molar-refractivity contribution in [1.29, 1.82) is 0 Å². The van der Waals surface area contributed by atoms with Gasteiger partial charge in [0.25, 0.3) is 0 Å². The summed E-state index contributed by atoms with van der Waals surface area (Å²) in [6.45, 7) is 10.1. The molecule has 1 heterocycles. The van der Waals surface area contributed by atoms with Gasteiger partial charge in [-0.2, -0.15) is 0 Å². The Morgan fingerprint density at radius 3 is 2.40 bits per heavy atom. The molecular formula is C11H22O2S2. The first-order chi connectivity index (χ1) is 7.09. The van der Waals surface area contributed by atoms with Crippen molar-refractivity contribution < 1.29 is 9.47 Å². The molecule has 0 spiro atoms. The average Bonchev–Trinajstić information content (AvgIpc) is 2.60. The lowest BCUT2D eigenvalue weighted by molar-refractivity contribution is 0.0108. The standard InChI is InChI=1S/C11H22O2S2/c1-8(2)10-7-11(15-14-10)13-6-5-12-9(3)4/h8-11H,5-7H2,1-4H3. The molecule has 1 fully saturated rings. The summed E-state index contributed by atoms with van der Waals surface area (Å²) in [6, 6.07) is 0. The van der Waals surface area contributed by atoms with Crippen LogP contribution in [0, 0.1) is 5.92 Å². The molecule has 90 valence electrons. The van der Waals surface area contributed by atoms with Crippen molar-refractivity contribution in [2.45, 2.75) is 50.9 Å². The third kappa shape index (κ3) is 5.48. The fourth-order valence-corrected chi connectivity index (χ4v) is 4.75. The van der Waals surface area contributed by atoms with Crippen LogP contribution >= 0.6 is 21.6 Å². The molecule has 0 aromatic carbocycles. The molecule has 0 saturated carbocycles. The van der Waals surface area contributed by atoms with Crippen molar-refractivity contribution in [3.8, 4) is 0 Å². The Bertz CT molecular complexity index is 174. The van der Waals surface area contributed by atoms with Crippen molar-refractivity contribution in [3.05, 3.63) is 0 Å². The van der Waals surface area contributed by atoms with Gasteiger partial charge in [0.05, 0.1) is 19.3 Å². The van der Waals surface area contributed by atoms with Gasteiger partial charge in [-0.25, -0.2) is 0 Å². The monoisotopic (exact) mass is 250 g/mol.